The first-order valence-electron chi connectivity index (χ1n) is 10.9. The lowest BCUT2D eigenvalue weighted by molar-refractivity contribution is 0.386. The third-order valence-electron chi connectivity index (χ3n) is 6.22. The van der Waals surface area contributed by atoms with Gasteiger partial charge in [-0.1, -0.05) is 11.6 Å². The molecule has 3 aromatic rings. The summed E-state index contributed by atoms with van der Waals surface area (Å²) < 4.78 is 32.6. The monoisotopic (exact) mass is 475 g/mol. The van der Waals surface area contributed by atoms with Crippen LogP contribution in [0.25, 0.3) is 22.2 Å². The molecule has 32 heavy (non-hydrogen) atoms. The largest absolute Gasteiger partial charge is 0.495 e. The van der Waals surface area contributed by atoms with Gasteiger partial charge in [-0.05, 0) is 62.3 Å². The van der Waals surface area contributed by atoms with Gasteiger partial charge in [0.25, 0.3) is 0 Å². The van der Waals surface area contributed by atoms with Gasteiger partial charge in [-0.15, -0.1) is 0 Å². The molecular weight excluding hydrogens is 450 g/mol. The number of nitrogens with zero attached hydrogens (tertiary/aromatic N) is 2. The Morgan fingerprint density at radius 2 is 1.84 bits per heavy atom. The maximum absolute atomic E-state index is 12.2. The third kappa shape index (κ3) is 4.55. The van der Waals surface area contributed by atoms with Crippen molar-refractivity contribution < 1.29 is 13.2 Å². The first kappa shape index (κ1) is 21.5. The molecule has 8 nitrogen and oxygen atoms in total. The summed E-state index contributed by atoms with van der Waals surface area (Å²) in [4.78, 5) is 12.0. The molecule has 2 aliphatic rings. The van der Waals surface area contributed by atoms with E-state index in [1.165, 1.54) is 0 Å². The molecule has 0 atom stereocenters. The number of halogens is 1. The molecule has 3 heterocycles. The summed E-state index contributed by atoms with van der Waals surface area (Å²) in [6.07, 6.45) is 8.52. The number of anilines is 1. The average molecular weight is 476 g/mol. The molecule has 2 aliphatic carbocycles. The smallest absolute Gasteiger partial charge is 0.214 e. The molecule has 2 saturated carbocycles. The summed E-state index contributed by atoms with van der Waals surface area (Å²) >= 11 is 6.35. The van der Waals surface area contributed by atoms with Crippen LogP contribution in [0.2, 0.25) is 5.15 Å². The van der Waals surface area contributed by atoms with Crippen molar-refractivity contribution in [2.24, 2.45) is 0 Å². The molecule has 3 aromatic heterocycles. The first-order chi connectivity index (χ1) is 15.4. The second-order valence-corrected chi connectivity index (χ2v) is 11.0. The second kappa shape index (κ2) is 8.53. The molecule has 0 amide bonds. The Kier molecular flexibility index (Phi) is 5.73. The number of pyridine rings is 2. The standard InChI is InChI=1S/C22H26ClN5O3S/c1-31-16-10-18-19(12-25-22(18)24-11-16)13-8-20(23)27-21(9-13)26-14-2-4-15(5-3-14)28-32(29,30)17-6-7-17/h8-12,14-15,17,28H,2-7H2,1H3,(H,24,25)(H,26,27)/t14-,15-. The Morgan fingerprint density at radius 3 is 2.56 bits per heavy atom. The zero-order chi connectivity index (χ0) is 22.3. The molecule has 0 unspecified atom stereocenters. The van der Waals surface area contributed by atoms with Gasteiger partial charge in [0, 0.05) is 29.2 Å². The Hall–Kier alpha value is -2.36. The number of methoxy groups -OCH3 is 1. The van der Waals surface area contributed by atoms with Gasteiger partial charge in [0.15, 0.2) is 0 Å². The quantitative estimate of drug-likeness (QED) is 0.444. The first-order valence-corrected chi connectivity index (χ1v) is 12.8. The molecular formula is C22H26ClN5O3S. The lowest BCUT2D eigenvalue weighted by atomic mass is 9.92. The lowest BCUT2D eigenvalue weighted by Gasteiger charge is -2.30. The summed E-state index contributed by atoms with van der Waals surface area (Å²) in [5, 5.41) is 4.67. The highest BCUT2D eigenvalue weighted by molar-refractivity contribution is 7.90. The summed E-state index contributed by atoms with van der Waals surface area (Å²) in [5.41, 5.74) is 2.67. The van der Waals surface area contributed by atoms with Crippen molar-refractivity contribution in [3.05, 3.63) is 35.7 Å². The van der Waals surface area contributed by atoms with Gasteiger partial charge in [0.1, 0.15) is 22.4 Å². The van der Waals surface area contributed by atoms with Gasteiger partial charge in [-0.2, -0.15) is 0 Å². The molecule has 0 radical (unpaired) electrons. The van der Waals surface area contributed by atoms with Crippen LogP contribution >= 0.6 is 11.6 Å². The number of hydrogen-bond acceptors (Lipinski definition) is 6. The zero-order valence-electron chi connectivity index (χ0n) is 17.8. The van der Waals surface area contributed by atoms with Crippen LogP contribution in [0.5, 0.6) is 5.75 Å². The van der Waals surface area contributed by atoms with Crippen LogP contribution in [0.4, 0.5) is 5.82 Å². The van der Waals surface area contributed by atoms with E-state index in [-0.39, 0.29) is 17.3 Å². The van der Waals surface area contributed by atoms with Gasteiger partial charge in [-0.25, -0.2) is 23.1 Å². The molecule has 0 aliphatic heterocycles. The fourth-order valence-corrected chi connectivity index (χ4v) is 6.19. The van der Waals surface area contributed by atoms with Crippen LogP contribution in [-0.2, 0) is 10.0 Å². The molecule has 5 rings (SSSR count). The van der Waals surface area contributed by atoms with Gasteiger partial charge < -0.3 is 15.0 Å². The summed E-state index contributed by atoms with van der Waals surface area (Å²) in [7, 11) is -1.52. The normalized spacial score (nSPS) is 21.6. The van der Waals surface area contributed by atoms with Crippen LogP contribution < -0.4 is 14.8 Å². The topological polar surface area (TPSA) is 109 Å². The number of aromatic nitrogens is 3. The number of fused-ring (bicyclic) bond motifs is 1. The minimum absolute atomic E-state index is 0.0234. The predicted molar refractivity (Wildman–Crippen MR) is 126 cm³/mol. The van der Waals surface area contributed by atoms with E-state index in [0.29, 0.717) is 16.7 Å². The lowest BCUT2D eigenvalue weighted by Crippen LogP contribution is -2.41. The number of nitrogens with one attached hydrogen (secondary N) is 3. The highest BCUT2D eigenvalue weighted by Gasteiger charge is 2.37. The summed E-state index contributed by atoms with van der Waals surface area (Å²) in [5.74, 6) is 1.39. The number of ether oxygens (including phenoxy) is 1. The number of sulfonamides is 1. The molecule has 0 spiro atoms. The van der Waals surface area contributed by atoms with Crippen molar-refractivity contribution in [1.29, 1.82) is 0 Å². The fourth-order valence-electron chi connectivity index (χ4n) is 4.33. The van der Waals surface area contributed by atoms with Crippen LogP contribution in [-0.4, -0.2) is 47.8 Å². The van der Waals surface area contributed by atoms with E-state index in [4.69, 9.17) is 16.3 Å². The molecule has 0 aromatic carbocycles. The highest BCUT2D eigenvalue weighted by Crippen LogP contribution is 2.33. The third-order valence-corrected chi connectivity index (χ3v) is 8.42. The minimum Gasteiger partial charge on any atom is -0.495 e. The molecule has 2 fully saturated rings. The maximum Gasteiger partial charge on any atom is 0.214 e. The number of H-pyrrole nitrogens is 1. The van der Waals surface area contributed by atoms with Gasteiger partial charge in [-0.3, -0.25) is 0 Å². The molecule has 3 N–H and O–H groups in total. The van der Waals surface area contributed by atoms with E-state index >= 15 is 0 Å². The van der Waals surface area contributed by atoms with Gasteiger partial charge in [0.05, 0.1) is 18.6 Å². The van der Waals surface area contributed by atoms with E-state index in [9.17, 15) is 8.42 Å². The van der Waals surface area contributed by atoms with Crippen molar-refractivity contribution in [1.82, 2.24) is 19.7 Å². The molecule has 0 saturated heterocycles. The van der Waals surface area contributed by atoms with Crippen molar-refractivity contribution in [3.63, 3.8) is 0 Å². The van der Waals surface area contributed by atoms with Crippen molar-refractivity contribution in [2.75, 3.05) is 12.4 Å². The summed E-state index contributed by atoms with van der Waals surface area (Å²) in [6.45, 7) is 0. The predicted octanol–water partition coefficient (Wildman–Crippen LogP) is 4.09. The minimum atomic E-state index is -3.14. The zero-order valence-corrected chi connectivity index (χ0v) is 19.3. The van der Waals surface area contributed by atoms with Gasteiger partial charge >= 0.3 is 0 Å². The fraction of sp³-hybridized carbons (Fsp3) is 0.455. The Labute approximate surface area is 192 Å². The van der Waals surface area contributed by atoms with E-state index < -0.39 is 10.0 Å². The summed E-state index contributed by atoms with van der Waals surface area (Å²) in [6, 6.07) is 6.00. The Bertz CT molecular complexity index is 1230. The highest BCUT2D eigenvalue weighted by atomic mass is 35.5. The van der Waals surface area contributed by atoms with E-state index in [0.717, 1.165) is 60.7 Å². The second-order valence-electron chi connectivity index (χ2n) is 8.59. The SMILES string of the molecule is COc1cnc2[nH]cc(-c3cc(Cl)nc(N[C@H]4CC[C@H](NS(=O)(=O)C5CC5)CC4)c3)c2c1. The van der Waals surface area contributed by atoms with Gasteiger partial charge in [0.2, 0.25) is 10.0 Å². The van der Waals surface area contributed by atoms with Crippen LogP contribution in [0.3, 0.4) is 0 Å². The number of aromatic amines is 1. The molecule has 10 heteroatoms. The van der Waals surface area contributed by atoms with Crippen LogP contribution in [0.1, 0.15) is 38.5 Å². The van der Waals surface area contributed by atoms with Crippen molar-refractivity contribution in [2.45, 2.75) is 55.9 Å². The number of hydrogen-bond donors (Lipinski definition) is 3. The Morgan fingerprint density at radius 1 is 1.09 bits per heavy atom. The maximum atomic E-state index is 12.2. The van der Waals surface area contributed by atoms with Crippen molar-refractivity contribution >= 4 is 38.5 Å². The van der Waals surface area contributed by atoms with Crippen LogP contribution in [0.15, 0.2) is 30.6 Å². The van der Waals surface area contributed by atoms with E-state index in [1.807, 2.05) is 24.4 Å². The average Bonchev–Trinajstić information content (AvgIpc) is 3.55. The number of rotatable bonds is 7. The Balaban J connectivity index is 1.29. The van der Waals surface area contributed by atoms with Crippen molar-refractivity contribution in [3.8, 4) is 16.9 Å². The molecule has 0 bridgehead atoms. The van der Waals surface area contributed by atoms with Crippen LogP contribution in [0, 0.1) is 0 Å². The molecule has 170 valence electrons. The van der Waals surface area contributed by atoms with E-state index in [1.54, 1.807) is 13.3 Å². The van der Waals surface area contributed by atoms with E-state index in [2.05, 4.69) is 25.0 Å².